The van der Waals surface area contributed by atoms with Crippen LogP contribution < -0.4 is 4.74 Å². The molecule has 2 nitrogen and oxygen atoms in total. The molecule has 202 valence electrons. The quantitative estimate of drug-likeness (QED) is 0.136. The molecule has 0 aliphatic heterocycles. The largest absolute Gasteiger partial charge is 0.423 e. The number of esters is 1. The van der Waals surface area contributed by atoms with Gasteiger partial charge in [0.25, 0.3) is 0 Å². The summed E-state index contributed by atoms with van der Waals surface area (Å²) in [4.78, 5) is 12.3. The Morgan fingerprint density at radius 2 is 1.23 bits per heavy atom. The van der Waals surface area contributed by atoms with E-state index >= 15 is 0 Å². The average Bonchev–Trinajstić information content (AvgIpc) is 2.83. The number of rotatable bonds is 6. The predicted molar refractivity (Wildman–Crippen MR) is 128 cm³/mol. The van der Waals surface area contributed by atoms with Crippen LogP contribution in [0.1, 0.15) is 34.8 Å². The zero-order chi connectivity index (χ0) is 28.5. The number of ether oxygens (including phenoxy) is 1. The molecule has 0 fully saturated rings. The van der Waals surface area contributed by atoms with Crippen molar-refractivity contribution in [2.75, 3.05) is 0 Å². The molecular formula is C29H18F8O2. The van der Waals surface area contributed by atoms with Crippen molar-refractivity contribution in [2.24, 2.45) is 0 Å². The minimum Gasteiger partial charge on any atom is -0.423 e. The third kappa shape index (κ3) is 5.94. The van der Waals surface area contributed by atoms with Crippen molar-refractivity contribution >= 4 is 5.97 Å². The van der Waals surface area contributed by atoms with Crippen LogP contribution in [0.3, 0.4) is 0 Å². The lowest BCUT2D eigenvalue weighted by molar-refractivity contribution is -0.142. The van der Waals surface area contributed by atoms with Gasteiger partial charge in [-0.05, 0) is 46.9 Å². The second kappa shape index (κ2) is 10.9. The van der Waals surface area contributed by atoms with Gasteiger partial charge in [0.1, 0.15) is 46.0 Å². The molecule has 0 spiro atoms. The smallest absolute Gasteiger partial charge is 0.422 e. The number of hydrogen-bond acceptors (Lipinski definition) is 2. The zero-order valence-corrected chi connectivity index (χ0v) is 20.1. The van der Waals surface area contributed by atoms with Gasteiger partial charge in [-0.25, -0.2) is 26.7 Å². The third-order valence-electron chi connectivity index (χ3n) is 5.86. The Balaban J connectivity index is 1.59. The first kappa shape index (κ1) is 27.8. The number of halogens is 8. The first-order valence-corrected chi connectivity index (χ1v) is 11.6. The summed E-state index contributed by atoms with van der Waals surface area (Å²) < 4.78 is 115. The first-order chi connectivity index (χ1) is 18.4. The van der Waals surface area contributed by atoms with Gasteiger partial charge in [-0.1, -0.05) is 49.7 Å². The summed E-state index contributed by atoms with van der Waals surface area (Å²) in [5.74, 6) is -10.8. The monoisotopic (exact) mass is 550 g/mol. The minimum atomic E-state index is -5.36. The number of benzene rings is 4. The Kier molecular flexibility index (Phi) is 7.76. The zero-order valence-electron chi connectivity index (χ0n) is 20.1. The Hall–Kier alpha value is -4.21. The first-order valence-electron chi connectivity index (χ1n) is 11.6. The van der Waals surface area contributed by atoms with Crippen LogP contribution in [0.15, 0.2) is 66.7 Å². The van der Waals surface area contributed by atoms with Gasteiger partial charge in [0, 0.05) is 17.7 Å². The highest BCUT2D eigenvalue weighted by atomic mass is 19.4. The maximum atomic E-state index is 14.9. The van der Waals surface area contributed by atoms with Gasteiger partial charge in [-0.15, -0.1) is 0 Å². The summed E-state index contributed by atoms with van der Waals surface area (Å²) in [7, 11) is 0. The molecule has 0 N–H and O–H groups in total. The van der Waals surface area contributed by atoms with Crippen LogP contribution in [0.4, 0.5) is 35.1 Å². The molecule has 39 heavy (non-hydrogen) atoms. The van der Waals surface area contributed by atoms with Crippen molar-refractivity contribution in [3.8, 4) is 28.0 Å². The lowest BCUT2D eigenvalue weighted by Crippen LogP contribution is -2.15. The number of carbonyl (C=O) groups excluding carboxylic acids is 1. The molecule has 0 heterocycles. The van der Waals surface area contributed by atoms with Crippen molar-refractivity contribution in [2.45, 2.75) is 25.9 Å². The van der Waals surface area contributed by atoms with E-state index in [4.69, 9.17) is 0 Å². The molecule has 0 amide bonds. The molecule has 4 aromatic rings. The molecule has 4 rings (SSSR count). The number of aryl methyl sites for hydroxylation is 1. The van der Waals surface area contributed by atoms with Crippen LogP contribution in [0.25, 0.3) is 22.3 Å². The molecular weight excluding hydrogens is 532 g/mol. The number of hydrogen-bond donors (Lipinski definition) is 0. The Bertz CT molecular complexity index is 1500. The minimum absolute atomic E-state index is 0.0578. The molecule has 4 aromatic carbocycles. The lowest BCUT2D eigenvalue weighted by Gasteiger charge is -2.12. The van der Waals surface area contributed by atoms with Crippen molar-refractivity contribution in [1.82, 2.24) is 0 Å². The van der Waals surface area contributed by atoms with Crippen molar-refractivity contribution in [3.05, 3.63) is 113 Å². The highest BCUT2D eigenvalue weighted by Crippen LogP contribution is 2.36. The van der Waals surface area contributed by atoms with Gasteiger partial charge < -0.3 is 4.74 Å². The molecule has 0 unspecified atom stereocenters. The molecule has 0 saturated carbocycles. The summed E-state index contributed by atoms with van der Waals surface area (Å²) in [5.41, 5.74) is -1.56. The van der Waals surface area contributed by atoms with Crippen molar-refractivity contribution in [1.29, 1.82) is 0 Å². The van der Waals surface area contributed by atoms with Crippen LogP contribution >= 0.6 is 0 Å². The van der Waals surface area contributed by atoms with E-state index in [2.05, 4.69) is 4.74 Å². The standard InChI is InChI=1S/C29H18F8O2/c1-2-3-15-4-6-16(7-5-15)17-8-9-20(21(30)10-17)18-11-22(31)26(23(32)12-18)28(38)39-19-13-24(33)27(25(34)14-19)29(35,36)37/h4-14H,2-3H2,1H3. The Morgan fingerprint density at radius 1 is 0.692 bits per heavy atom. The normalized spacial score (nSPS) is 11.5. The van der Waals surface area contributed by atoms with E-state index in [1.807, 2.05) is 31.2 Å². The fraction of sp³-hybridized carbons (Fsp3) is 0.138. The second-order valence-corrected chi connectivity index (χ2v) is 8.61. The topological polar surface area (TPSA) is 26.3 Å². The average molecular weight is 550 g/mol. The summed E-state index contributed by atoms with van der Waals surface area (Å²) in [6, 6.07) is 13.0. The number of carbonyl (C=O) groups is 1. The van der Waals surface area contributed by atoms with E-state index in [0.29, 0.717) is 17.7 Å². The Morgan fingerprint density at radius 3 is 1.74 bits per heavy atom. The van der Waals surface area contributed by atoms with E-state index in [1.165, 1.54) is 12.1 Å². The van der Waals surface area contributed by atoms with Gasteiger partial charge >= 0.3 is 12.1 Å². The van der Waals surface area contributed by atoms with E-state index < -0.39 is 58.1 Å². The maximum Gasteiger partial charge on any atom is 0.422 e. The molecule has 0 bridgehead atoms. The van der Waals surface area contributed by atoms with Gasteiger partial charge in [-0.3, -0.25) is 0 Å². The van der Waals surface area contributed by atoms with Crippen LogP contribution in [0, 0.1) is 29.1 Å². The highest BCUT2D eigenvalue weighted by molar-refractivity contribution is 5.92. The fourth-order valence-corrected chi connectivity index (χ4v) is 4.04. The van der Waals surface area contributed by atoms with Crippen LogP contribution in [0.2, 0.25) is 0 Å². The Labute approximate surface area is 217 Å². The van der Waals surface area contributed by atoms with Gasteiger partial charge in [0.15, 0.2) is 0 Å². The fourth-order valence-electron chi connectivity index (χ4n) is 4.04. The molecule has 0 aliphatic rings. The summed E-state index contributed by atoms with van der Waals surface area (Å²) in [5, 5.41) is 0. The van der Waals surface area contributed by atoms with Crippen LogP contribution in [-0.2, 0) is 12.6 Å². The molecule has 0 aromatic heterocycles. The third-order valence-corrected chi connectivity index (χ3v) is 5.86. The predicted octanol–water partition coefficient (Wildman–Crippen LogP) is 8.91. The van der Waals surface area contributed by atoms with E-state index in [-0.39, 0.29) is 23.3 Å². The molecule has 0 radical (unpaired) electrons. The lowest BCUT2D eigenvalue weighted by atomic mass is 9.97. The SMILES string of the molecule is CCCc1ccc(-c2ccc(-c3cc(F)c(C(=O)Oc4cc(F)c(C(F)(F)F)c(F)c4)c(F)c3)c(F)c2)cc1. The van der Waals surface area contributed by atoms with E-state index in [0.717, 1.165) is 24.0 Å². The summed E-state index contributed by atoms with van der Waals surface area (Å²) in [6.45, 7) is 2.05. The van der Waals surface area contributed by atoms with Gasteiger partial charge in [-0.2, -0.15) is 13.2 Å². The van der Waals surface area contributed by atoms with E-state index in [9.17, 15) is 39.9 Å². The molecule has 10 heteroatoms. The highest BCUT2D eigenvalue weighted by Gasteiger charge is 2.38. The van der Waals surface area contributed by atoms with Crippen molar-refractivity contribution in [3.63, 3.8) is 0 Å². The molecule has 0 atom stereocenters. The second-order valence-electron chi connectivity index (χ2n) is 8.61. The number of alkyl halides is 3. The van der Waals surface area contributed by atoms with E-state index in [1.54, 1.807) is 6.07 Å². The van der Waals surface area contributed by atoms with Gasteiger partial charge in [0.05, 0.1) is 0 Å². The molecule has 0 aliphatic carbocycles. The summed E-state index contributed by atoms with van der Waals surface area (Å²) in [6.07, 6.45) is -3.50. The van der Waals surface area contributed by atoms with Crippen LogP contribution in [0.5, 0.6) is 5.75 Å². The maximum absolute atomic E-state index is 14.9. The van der Waals surface area contributed by atoms with Gasteiger partial charge in [0.2, 0.25) is 0 Å². The molecule has 0 saturated heterocycles. The van der Waals surface area contributed by atoms with Crippen LogP contribution in [-0.4, -0.2) is 5.97 Å². The van der Waals surface area contributed by atoms with Crippen molar-refractivity contribution < 1.29 is 44.7 Å². The summed E-state index contributed by atoms with van der Waals surface area (Å²) >= 11 is 0.